The first-order valence-corrected chi connectivity index (χ1v) is 8.00. The van der Waals surface area contributed by atoms with E-state index in [-0.39, 0.29) is 23.5 Å². The Morgan fingerprint density at radius 3 is 2.71 bits per heavy atom. The van der Waals surface area contributed by atoms with Gasteiger partial charge in [0.15, 0.2) is 9.84 Å². The standard InChI is InChI=1S/C11H22N2O3S/c1-2-4-10(12)9-11(14)13-5-3-7-17(15,16)8-6-13/h10H,2-9,12H2,1H3. The number of amides is 1. The van der Waals surface area contributed by atoms with E-state index in [1.54, 1.807) is 4.90 Å². The monoisotopic (exact) mass is 262 g/mol. The van der Waals surface area contributed by atoms with Crippen LogP contribution in [0.5, 0.6) is 0 Å². The SMILES string of the molecule is CCCC(N)CC(=O)N1CCCS(=O)(=O)CC1. The van der Waals surface area contributed by atoms with Crippen molar-refractivity contribution in [3.63, 3.8) is 0 Å². The summed E-state index contributed by atoms with van der Waals surface area (Å²) in [6, 6.07) is -0.104. The Bertz CT molecular complexity index is 354. The van der Waals surface area contributed by atoms with Crippen LogP contribution in [0, 0.1) is 0 Å². The van der Waals surface area contributed by atoms with Crippen molar-refractivity contribution in [2.75, 3.05) is 24.6 Å². The fourth-order valence-electron chi connectivity index (χ4n) is 2.01. The van der Waals surface area contributed by atoms with Crippen LogP contribution in [0.2, 0.25) is 0 Å². The molecule has 0 spiro atoms. The number of nitrogens with two attached hydrogens (primary N) is 1. The lowest BCUT2D eigenvalue weighted by molar-refractivity contribution is -0.131. The van der Waals surface area contributed by atoms with Crippen LogP contribution < -0.4 is 5.73 Å². The highest BCUT2D eigenvalue weighted by molar-refractivity contribution is 7.91. The number of hydrogen-bond donors (Lipinski definition) is 1. The first-order chi connectivity index (χ1) is 7.94. The van der Waals surface area contributed by atoms with Gasteiger partial charge in [-0.3, -0.25) is 4.79 Å². The topological polar surface area (TPSA) is 80.5 Å². The van der Waals surface area contributed by atoms with E-state index in [4.69, 9.17) is 5.73 Å². The van der Waals surface area contributed by atoms with Gasteiger partial charge in [0.1, 0.15) is 0 Å². The van der Waals surface area contributed by atoms with Crippen molar-refractivity contribution in [1.29, 1.82) is 0 Å². The van der Waals surface area contributed by atoms with Crippen LogP contribution in [0.3, 0.4) is 0 Å². The first-order valence-electron chi connectivity index (χ1n) is 6.18. The third kappa shape index (κ3) is 5.04. The first kappa shape index (κ1) is 14.4. The molecular formula is C11H22N2O3S. The molecule has 1 aliphatic rings. The molecule has 1 rings (SSSR count). The van der Waals surface area contributed by atoms with Crippen molar-refractivity contribution in [1.82, 2.24) is 4.90 Å². The second-order valence-corrected chi connectivity index (χ2v) is 6.94. The molecule has 1 fully saturated rings. The van der Waals surface area contributed by atoms with E-state index in [2.05, 4.69) is 0 Å². The summed E-state index contributed by atoms with van der Waals surface area (Å²) in [5.41, 5.74) is 5.82. The zero-order valence-corrected chi connectivity index (χ0v) is 11.2. The number of nitrogens with zero attached hydrogens (tertiary/aromatic N) is 1. The number of carbonyl (C=O) groups is 1. The molecule has 1 atom stereocenters. The molecule has 1 heterocycles. The minimum atomic E-state index is -2.95. The van der Waals surface area contributed by atoms with Crippen molar-refractivity contribution < 1.29 is 13.2 Å². The molecule has 6 heteroatoms. The van der Waals surface area contributed by atoms with Crippen molar-refractivity contribution >= 4 is 15.7 Å². The summed E-state index contributed by atoms with van der Waals surface area (Å²) in [6.07, 6.45) is 2.66. The molecular weight excluding hydrogens is 240 g/mol. The highest BCUT2D eigenvalue weighted by Gasteiger charge is 2.23. The van der Waals surface area contributed by atoms with Crippen LogP contribution in [0.15, 0.2) is 0 Å². The van der Waals surface area contributed by atoms with Crippen LogP contribution in [0.25, 0.3) is 0 Å². The number of rotatable bonds is 4. The number of sulfone groups is 1. The summed E-state index contributed by atoms with van der Waals surface area (Å²) in [6.45, 7) is 2.89. The maximum atomic E-state index is 11.9. The molecule has 5 nitrogen and oxygen atoms in total. The van der Waals surface area contributed by atoms with E-state index in [9.17, 15) is 13.2 Å². The van der Waals surface area contributed by atoms with E-state index in [1.165, 1.54) is 0 Å². The normalized spacial score (nSPS) is 21.9. The highest BCUT2D eigenvalue weighted by Crippen LogP contribution is 2.08. The Kier molecular flexibility index (Phi) is 5.39. The third-order valence-corrected chi connectivity index (χ3v) is 4.72. The molecule has 100 valence electrons. The van der Waals surface area contributed by atoms with Crippen LogP contribution in [-0.4, -0.2) is 49.9 Å². The molecule has 1 unspecified atom stereocenters. The van der Waals surface area contributed by atoms with Crippen LogP contribution in [-0.2, 0) is 14.6 Å². The molecule has 17 heavy (non-hydrogen) atoms. The van der Waals surface area contributed by atoms with E-state index in [0.717, 1.165) is 12.8 Å². The van der Waals surface area contributed by atoms with E-state index < -0.39 is 9.84 Å². The van der Waals surface area contributed by atoms with Gasteiger partial charge >= 0.3 is 0 Å². The summed E-state index contributed by atoms with van der Waals surface area (Å²) < 4.78 is 22.8. The zero-order valence-electron chi connectivity index (χ0n) is 10.4. The lowest BCUT2D eigenvalue weighted by atomic mass is 10.1. The van der Waals surface area contributed by atoms with Crippen molar-refractivity contribution in [2.45, 2.75) is 38.6 Å². The molecule has 1 amide bonds. The van der Waals surface area contributed by atoms with Gasteiger partial charge in [0.25, 0.3) is 0 Å². The average molecular weight is 262 g/mol. The molecule has 0 aromatic heterocycles. The molecule has 0 saturated carbocycles. The van der Waals surface area contributed by atoms with Gasteiger partial charge in [-0.15, -0.1) is 0 Å². The van der Waals surface area contributed by atoms with Crippen molar-refractivity contribution in [3.8, 4) is 0 Å². The lowest BCUT2D eigenvalue weighted by Crippen LogP contribution is -2.37. The summed E-state index contributed by atoms with van der Waals surface area (Å²) in [5.74, 6) is 0.266. The minimum absolute atomic E-state index is 0.0111. The van der Waals surface area contributed by atoms with Crippen molar-refractivity contribution in [3.05, 3.63) is 0 Å². The fraction of sp³-hybridized carbons (Fsp3) is 0.909. The zero-order chi connectivity index (χ0) is 12.9. The smallest absolute Gasteiger partial charge is 0.224 e. The van der Waals surface area contributed by atoms with E-state index in [1.807, 2.05) is 6.92 Å². The quantitative estimate of drug-likeness (QED) is 0.782. The van der Waals surface area contributed by atoms with E-state index >= 15 is 0 Å². The second-order valence-electron chi connectivity index (χ2n) is 4.64. The van der Waals surface area contributed by atoms with Gasteiger partial charge in [-0.1, -0.05) is 13.3 Å². The van der Waals surface area contributed by atoms with Gasteiger partial charge in [0, 0.05) is 25.6 Å². The lowest BCUT2D eigenvalue weighted by Gasteiger charge is -2.21. The Hall–Kier alpha value is -0.620. The Balaban J connectivity index is 2.47. The Morgan fingerprint density at radius 2 is 2.06 bits per heavy atom. The predicted molar refractivity (Wildman–Crippen MR) is 67.4 cm³/mol. The minimum Gasteiger partial charge on any atom is -0.342 e. The molecule has 1 aliphatic heterocycles. The maximum Gasteiger partial charge on any atom is 0.224 e. The Morgan fingerprint density at radius 1 is 1.35 bits per heavy atom. The summed E-state index contributed by atoms with van der Waals surface area (Å²) in [5, 5.41) is 0. The van der Waals surface area contributed by atoms with Crippen molar-refractivity contribution in [2.24, 2.45) is 5.73 Å². The number of hydrogen-bond acceptors (Lipinski definition) is 4. The van der Waals surface area contributed by atoms with Gasteiger partial charge in [0.2, 0.25) is 5.91 Å². The number of carbonyl (C=O) groups excluding carboxylic acids is 1. The highest BCUT2D eigenvalue weighted by atomic mass is 32.2. The van der Waals surface area contributed by atoms with Gasteiger partial charge < -0.3 is 10.6 Å². The van der Waals surface area contributed by atoms with E-state index in [0.29, 0.717) is 25.9 Å². The van der Waals surface area contributed by atoms with Gasteiger partial charge in [-0.05, 0) is 12.8 Å². The predicted octanol–water partition coefficient (Wildman–Crippen LogP) is 0.151. The van der Waals surface area contributed by atoms with Gasteiger partial charge in [0.05, 0.1) is 11.5 Å². The molecule has 1 saturated heterocycles. The molecule has 0 aliphatic carbocycles. The third-order valence-electron chi connectivity index (χ3n) is 3.00. The molecule has 0 aromatic rings. The molecule has 0 radical (unpaired) electrons. The average Bonchev–Trinajstić information content (AvgIpc) is 2.39. The van der Waals surface area contributed by atoms with Crippen LogP contribution >= 0.6 is 0 Å². The largest absolute Gasteiger partial charge is 0.342 e. The molecule has 2 N–H and O–H groups in total. The fourth-order valence-corrected chi connectivity index (χ4v) is 3.29. The molecule has 0 bridgehead atoms. The van der Waals surface area contributed by atoms with Gasteiger partial charge in [-0.2, -0.15) is 0 Å². The summed E-state index contributed by atoms with van der Waals surface area (Å²) >= 11 is 0. The maximum absolute atomic E-state index is 11.9. The second kappa shape index (κ2) is 6.35. The summed E-state index contributed by atoms with van der Waals surface area (Å²) in [7, 11) is -2.95. The van der Waals surface area contributed by atoms with Crippen LogP contribution in [0.4, 0.5) is 0 Å². The van der Waals surface area contributed by atoms with Crippen LogP contribution in [0.1, 0.15) is 32.6 Å². The van der Waals surface area contributed by atoms with Gasteiger partial charge in [-0.25, -0.2) is 8.42 Å². The summed E-state index contributed by atoms with van der Waals surface area (Å²) in [4.78, 5) is 13.5. The Labute approximate surface area is 103 Å². The molecule has 0 aromatic carbocycles.